The minimum absolute atomic E-state index is 0.0243. The van der Waals surface area contributed by atoms with Crippen LogP contribution in [0.4, 0.5) is 5.69 Å². The first-order valence-corrected chi connectivity index (χ1v) is 7.67. The molecule has 1 aliphatic rings. The Morgan fingerprint density at radius 2 is 1.95 bits per heavy atom. The Morgan fingerprint density at radius 3 is 2.52 bits per heavy atom. The third-order valence-electron chi connectivity index (χ3n) is 3.63. The highest BCUT2D eigenvalue weighted by molar-refractivity contribution is 5.94. The summed E-state index contributed by atoms with van der Waals surface area (Å²) in [7, 11) is 0. The van der Waals surface area contributed by atoms with E-state index in [0.717, 1.165) is 25.1 Å². The lowest BCUT2D eigenvalue weighted by Crippen LogP contribution is -2.40. The van der Waals surface area contributed by atoms with E-state index >= 15 is 0 Å². The zero-order valence-electron chi connectivity index (χ0n) is 13.4. The Labute approximate surface area is 127 Å². The van der Waals surface area contributed by atoms with Crippen molar-refractivity contribution in [2.24, 2.45) is 0 Å². The quantitative estimate of drug-likeness (QED) is 0.895. The van der Waals surface area contributed by atoms with Crippen molar-refractivity contribution in [1.29, 1.82) is 0 Å². The molecule has 1 heterocycles. The standard InChI is InChI=1S/C17H26N2O2/c1-12(2)18-16(20)13-5-7-14(8-6-13)19-15-9-10-21-17(3,4)11-15/h5-8,12,15,19H,9-11H2,1-4H3,(H,18,20). The fourth-order valence-electron chi connectivity index (χ4n) is 2.65. The monoisotopic (exact) mass is 290 g/mol. The van der Waals surface area contributed by atoms with Crippen LogP contribution in [0.3, 0.4) is 0 Å². The molecule has 1 amide bonds. The second kappa shape index (κ2) is 6.48. The lowest BCUT2D eigenvalue weighted by molar-refractivity contribution is -0.0553. The van der Waals surface area contributed by atoms with Crippen molar-refractivity contribution in [2.75, 3.05) is 11.9 Å². The van der Waals surface area contributed by atoms with Crippen molar-refractivity contribution in [3.8, 4) is 0 Å². The topological polar surface area (TPSA) is 50.4 Å². The normalized spacial score (nSPS) is 21.1. The number of nitrogens with one attached hydrogen (secondary N) is 2. The van der Waals surface area contributed by atoms with Gasteiger partial charge in [-0.1, -0.05) is 0 Å². The minimum atomic E-state index is -0.0625. The van der Waals surface area contributed by atoms with E-state index in [4.69, 9.17) is 4.74 Å². The molecular formula is C17H26N2O2. The molecule has 1 aromatic rings. The fraction of sp³-hybridized carbons (Fsp3) is 0.588. The number of ether oxygens (including phenoxy) is 1. The number of carbonyl (C=O) groups is 1. The SMILES string of the molecule is CC(C)NC(=O)c1ccc(NC2CCOC(C)(C)C2)cc1. The maximum absolute atomic E-state index is 11.9. The van der Waals surface area contributed by atoms with Crippen molar-refractivity contribution in [1.82, 2.24) is 5.32 Å². The molecule has 1 atom stereocenters. The molecule has 0 bridgehead atoms. The van der Waals surface area contributed by atoms with Crippen molar-refractivity contribution in [2.45, 2.75) is 58.2 Å². The molecule has 0 aliphatic carbocycles. The third kappa shape index (κ3) is 4.74. The Morgan fingerprint density at radius 1 is 1.29 bits per heavy atom. The fourth-order valence-corrected chi connectivity index (χ4v) is 2.65. The van der Waals surface area contributed by atoms with Crippen LogP contribution in [0.15, 0.2) is 24.3 Å². The summed E-state index contributed by atoms with van der Waals surface area (Å²) in [6, 6.07) is 8.24. The summed E-state index contributed by atoms with van der Waals surface area (Å²) in [5, 5.41) is 6.43. The largest absolute Gasteiger partial charge is 0.382 e. The summed E-state index contributed by atoms with van der Waals surface area (Å²) in [5.41, 5.74) is 1.69. The van der Waals surface area contributed by atoms with Crippen molar-refractivity contribution < 1.29 is 9.53 Å². The number of hydrogen-bond donors (Lipinski definition) is 2. The van der Waals surface area contributed by atoms with E-state index in [1.807, 2.05) is 38.1 Å². The molecule has 1 saturated heterocycles. The van der Waals surface area contributed by atoms with Crippen molar-refractivity contribution >= 4 is 11.6 Å². The average molecular weight is 290 g/mol. The number of carbonyl (C=O) groups excluding carboxylic acids is 1. The molecule has 1 unspecified atom stereocenters. The maximum atomic E-state index is 11.9. The Kier molecular flexibility index (Phi) is 4.88. The first kappa shape index (κ1) is 15.8. The molecule has 0 spiro atoms. The van der Waals surface area contributed by atoms with Crippen molar-refractivity contribution in [3.63, 3.8) is 0 Å². The van der Waals surface area contributed by atoms with Gasteiger partial charge in [0.25, 0.3) is 5.91 Å². The highest BCUT2D eigenvalue weighted by Crippen LogP contribution is 2.26. The predicted octanol–water partition coefficient (Wildman–Crippen LogP) is 3.19. The van der Waals surface area contributed by atoms with E-state index in [0.29, 0.717) is 11.6 Å². The third-order valence-corrected chi connectivity index (χ3v) is 3.63. The molecule has 0 aromatic heterocycles. The summed E-state index contributed by atoms with van der Waals surface area (Å²) in [6.45, 7) is 8.96. The van der Waals surface area contributed by atoms with Gasteiger partial charge in [0.1, 0.15) is 0 Å². The average Bonchev–Trinajstić information content (AvgIpc) is 2.37. The molecular weight excluding hydrogens is 264 g/mol. The van der Waals surface area contributed by atoms with Gasteiger partial charge in [0.2, 0.25) is 0 Å². The summed E-state index contributed by atoms with van der Waals surface area (Å²) < 4.78 is 5.73. The van der Waals surface area contributed by atoms with E-state index in [2.05, 4.69) is 24.5 Å². The second-order valence-electron chi connectivity index (χ2n) is 6.65. The molecule has 2 rings (SSSR count). The minimum Gasteiger partial charge on any atom is -0.382 e. The number of amides is 1. The van der Waals surface area contributed by atoms with E-state index in [9.17, 15) is 4.79 Å². The first-order chi connectivity index (χ1) is 9.85. The van der Waals surface area contributed by atoms with Gasteiger partial charge in [0, 0.05) is 29.9 Å². The molecule has 2 N–H and O–H groups in total. The second-order valence-corrected chi connectivity index (χ2v) is 6.65. The van der Waals surface area contributed by atoms with E-state index < -0.39 is 0 Å². The molecule has 1 aromatic carbocycles. The van der Waals surface area contributed by atoms with Gasteiger partial charge < -0.3 is 15.4 Å². The van der Waals surface area contributed by atoms with Crippen LogP contribution in [0, 0.1) is 0 Å². The van der Waals surface area contributed by atoms with Gasteiger partial charge in [-0.2, -0.15) is 0 Å². The summed E-state index contributed by atoms with van der Waals surface area (Å²) >= 11 is 0. The van der Waals surface area contributed by atoms with Crippen LogP contribution < -0.4 is 10.6 Å². The maximum Gasteiger partial charge on any atom is 0.251 e. The van der Waals surface area contributed by atoms with E-state index in [1.54, 1.807) is 0 Å². The molecule has 116 valence electrons. The Balaban J connectivity index is 1.95. The number of benzene rings is 1. The zero-order chi connectivity index (χ0) is 15.5. The van der Waals surface area contributed by atoms with Gasteiger partial charge >= 0.3 is 0 Å². The van der Waals surface area contributed by atoms with Crippen molar-refractivity contribution in [3.05, 3.63) is 29.8 Å². The molecule has 4 heteroatoms. The Bertz CT molecular complexity index is 480. The zero-order valence-corrected chi connectivity index (χ0v) is 13.4. The molecule has 21 heavy (non-hydrogen) atoms. The summed E-state index contributed by atoms with van der Waals surface area (Å²) in [5.74, 6) is -0.0243. The molecule has 0 saturated carbocycles. The van der Waals surface area contributed by atoms with Gasteiger partial charge in [-0.15, -0.1) is 0 Å². The van der Waals surface area contributed by atoms with Crippen LogP contribution in [0.25, 0.3) is 0 Å². The number of anilines is 1. The van der Waals surface area contributed by atoms with E-state index in [1.165, 1.54) is 0 Å². The van der Waals surface area contributed by atoms with Crippen LogP contribution >= 0.6 is 0 Å². The molecule has 1 fully saturated rings. The van der Waals surface area contributed by atoms with Crippen LogP contribution in [0.1, 0.15) is 50.9 Å². The predicted molar refractivity (Wildman–Crippen MR) is 85.7 cm³/mol. The number of rotatable bonds is 4. The summed E-state index contributed by atoms with van der Waals surface area (Å²) in [6.07, 6.45) is 2.00. The van der Waals surface area contributed by atoms with Gasteiger partial charge in [-0.05, 0) is 64.8 Å². The van der Waals surface area contributed by atoms with Gasteiger partial charge in [-0.25, -0.2) is 0 Å². The molecule has 4 nitrogen and oxygen atoms in total. The Hall–Kier alpha value is -1.55. The lowest BCUT2D eigenvalue weighted by Gasteiger charge is -2.36. The van der Waals surface area contributed by atoms with Gasteiger partial charge in [0.15, 0.2) is 0 Å². The molecule has 0 radical (unpaired) electrons. The van der Waals surface area contributed by atoms with Crippen LogP contribution in [0.2, 0.25) is 0 Å². The first-order valence-electron chi connectivity index (χ1n) is 7.67. The van der Waals surface area contributed by atoms with Crippen LogP contribution in [-0.2, 0) is 4.74 Å². The number of hydrogen-bond acceptors (Lipinski definition) is 3. The summed E-state index contributed by atoms with van der Waals surface area (Å²) in [4.78, 5) is 11.9. The smallest absolute Gasteiger partial charge is 0.251 e. The highest BCUT2D eigenvalue weighted by Gasteiger charge is 2.28. The van der Waals surface area contributed by atoms with E-state index in [-0.39, 0.29) is 17.6 Å². The van der Waals surface area contributed by atoms with Gasteiger partial charge in [-0.3, -0.25) is 4.79 Å². The van der Waals surface area contributed by atoms with Gasteiger partial charge in [0.05, 0.1) is 5.60 Å². The molecule has 1 aliphatic heterocycles. The highest BCUT2D eigenvalue weighted by atomic mass is 16.5. The van der Waals surface area contributed by atoms with Crippen LogP contribution in [0.5, 0.6) is 0 Å². The lowest BCUT2D eigenvalue weighted by atomic mass is 9.94. The van der Waals surface area contributed by atoms with Crippen LogP contribution in [-0.4, -0.2) is 30.2 Å².